The summed E-state index contributed by atoms with van der Waals surface area (Å²) in [5.74, 6) is -1.48. The van der Waals surface area contributed by atoms with Crippen LogP contribution in [-0.2, 0) is 11.2 Å². The number of nitro groups is 1. The fraction of sp³-hybridized carbons (Fsp3) is 0.500. The smallest absolute Gasteiger partial charge is 0.306 e. The summed E-state index contributed by atoms with van der Waals surface area (Å²) in [6.45, 7) is 1.82. The third kappa shape index (κ3) is 4.06. The predicted octanol–water partition coefficient (Wildman–Crippen LogP) is 2.53. The second kappa shape index (κ2) is 7.21. The van der Waals surface area contributed by atoms with Crippen LogP contribution >= 0.6 is 0 Å². The fourth-order valence-electron chi connectivity index (χ4n) is 2.93. The zero-order valence-electron chi connectivity index (χ0n) is 12.9. The third-order valence-electron chi connectivity index (χ3n) is 4.34. The Morgan fingerprint density at radius 2 is 1.96 bits per heavy atom. The number of nitrogens with one attached hydrogen (secondary N) is 1. The van der Waals surface area contributed by atoms with Gasteiger partial charge in [-0.1, -0.05) is 13.0 Å². The number of carboxylic acid groups (broad SMARTS) is 1. The normalized spacial score (nSPS) is 20.7. The van der Waals surface area contributed by atoms with Crippen LogP contribution in [0.4, 0.5) is 5.69 Å². The van der Waals surface area contributed by atoms with Crippen molar-refractivity contribution in [1.82, 2.24) is 5.32 Å². The topological polar surface area (TPSA) is 110 Å². The van der Waals surface area contributed by atoms with E-state index in [-0.39, 0.29) is 29.1 Å². The first-order valence-corrected chi connectivity index (χ1v) is 7.73. The van der Waals surface area contributed by atoms with Crippen molar-refractivity contribution < 1.29 is 19.6 Å². The summed E-state index contributed by atoms with van der Waals surface area (Å²) in [5.41, 5.74) is 0.803. The van der Waals surface area contributed by atoms with E-state index < -0.39 is 10.9 Å². The monoisotopic (exact) mass is 320 g/mol. The molecule has 1 aliphatic carbocycles. The van der Waals surface area contributed by atoms with Gasteiger partial charge in [-0.25, -0.2) is 0 Å². The first-order valence-electron chi connectivity index (χ1n) is 7.73. The van der Waals surface area contributed by atoms with Crippen LogP contribution in [0.5, 0.6) is 0 Å². The number of hydrogen-bond acceptors (Lipinski definition) is 4. The zero-order valence-corrected chi connectivity index (χ0v) is 12.9. The van der Waals surface area contributed by atoms with E-state index in [1.165, 1.54) is 6.07 Å². The van der Waals surface area contributed by atoms with Gasteiger partial charge in [0.15, 0.2) is 0 Å². The Kier molecular flexibility index (Phi) is 5.31. The van der Waals surface area contributed by atoms with Gasteiger partial charge in [-0.15, -0.1) is 0 Å². The lowest BCUT2D eigenvalue weighted by Gasteiger charge is -2.26. The minimum atomic E-state index is -0.791. The molecule has 1 aliphatic rings. The Labute approximate surface area is 133 Å². The number of aryl methyl sites for hydroxylation is 1. The Balaban J connectivity index is 2.03. The summed E-state index contributed by atoms with van der Waals surface area (Å²) in [5, 5.41) is 22.9. The summed E-state index contributed by atoms with van der Waals surface area (Å²) in [6, 6.07) is 4.41. The number of hydrogen-bond donors (Lipinski definition) is 2. The molecule has 1 aromatic carbocycles. The van der Waals surface area contributed by atoms with Crippen LogP contribution < -0.4 is 5.32 Å². The molecule has 1 amide bonds. The van der Waals surface area contributed by atoms with E-state index in [9.17, 15) is 19.7 Å². The maximum atomic E-state index is 12.3. The fourth-order valence-corrected chi connectivity index (χ4v) is 2.93. The van der Waals surface area contributed by atoms with Crippen molar-refractivity contribution in [3.05, 3.63) is 39.4 Å². The molecule has 0 unspecified atom stereocenters. The molecular formula is C16H20N2O5. The molecule has 7 heteroatoms. The lowest BCUT2D eigenvalue weighted by atomic mass is 9.86. The predicted molar refractivity (Wildman–Crippen MR) is 83.3 cm³/mol. The molecule has 0 heterocycles. The van der Waals surface area contributed by atoms with Crippen LogP contribution in [0.1, 0.15) is 48.5 Å². The molecule has 2 N–H and O–H groups in total. The van der Waals surface area contributed by atoms with Gasteiger partial charge in [0.05, 0.1) is 10.8 Å². The molecule has 23 heavy (non-hydrogen) atoms. The molecule has 1 fully saturated rings. The molecule has 0 radical (unpaired) electrons. The molecule has 0 spiro atoms. The molecule has 7 nitrogen and oxygen atoms in total. The van der Waals surface area contributed by atoms with Gasteiger partial charge in [-0.3, -0.25) is 19.7 Å². The lowest BCUT2D eigenvalue weighted by Crippen LogP contribution is -2.38. The van der Waals surface area contributed by atoms with Gasteiger partial charge in [-0.05, 0) is 38.2 Å². The van der Waals surface area contributed by atoms with E-state index in [0.717, 1.165) is 0 Å². The van der Waals surface area contributed by atoms with Crippen molar-refractivity contribution in [1.29, 1.82) is 0 Å². The van der Waals surface area contributed by atoms with Gasteiger partial charge in [0.25, 0.3) is 11.6 Å². The molecular weight excluding hydrogens is 300 g/mol. The standard InChI is InChI=1S/C16H20N2O5/c1-2-10-3-4-12(9-14(10)18(22)23)15(19)17-13-7-5-11(6-8-13)16(20)21/h3-4,9,11,13H,2,5-8H2,1H3,(H,17,19)(H,20,21). The second-order valence-corrected chi connectivity index (χ2v) is 5.81. The van der Waals surface area contributed by atoms with Gasteiger partial charge in [0, 0.05) is 23.2 Å². The summed E-state index contributed by atoms with van der Waals surface area (Å²) in [6.07, 6.45) is 2.82. The van der Waals surface area contributed by atoms with E-state index in [1.54, 1.807) is 12.1 Å². The van der Waals surface area contributed by atoms with Gasteiger partial charge in [-0.2, -0.15) is 0 Å². The quantitative estimate of drug-likeness (QED) is 0.640. The van der Waals surface area contributed by atoms with E-state index in [4.69, 9.17) is 5.11 Å². The zero-order chi connectivity index (χ0) is 17.0. The number of carboxylic acids is 1. The van der Waals surface area contributed by atoms with E-state index in [2.05, 4.69) is 5.32 Å². The van der Waals surface area contributed by atoms with Crippen molar-refractivity contribution in [2.45, 2.75) is 45.1 Å². The molecule has 0 aliphatic heterocycles. The van der Waals surface area contributed by atoms with Gasteiger partial charge < -0.3 is 10.4 Å². The Morgan fingerprint density at radius 1 is 1.30 bits per heavy atom. The van der Waals surface area contributed by atoms with Crippen molar-refractivity contribution in [3.8, 4) is 0 Å². The lowest BCUT2D eigenvalue weighted by molar-refractivity contribution is -0.385. The highest BCUT2D eigenvalue weighted by molar-refractivity contribution is 5.95. The van der Waals surface area contributed by atoms with Gasteiger partial charge in [0.2, 0.25) is 0 Å². The minimum Gasteiger partial charge on any atom is -0.481 e. The molecule has 0 bridgehead atoms. The van der Waals surface area contributed by atoms with E-state index >= 15 is 0 Å². The van der Waals surface area contributed by atoms with Crippen molar-refractivity contribution >= 4 is 17.6 Å². The highest BCUT2D eigenvalue weighted by Gasteiger charge is 2.27. The summed E-state index contributed by atoms with van der Waals surface area (Å²) in [7, 11) is 0. The number of rotatable bonds is 5. The number of carbonyl (C=O) groups is 2. The van der Waals surface area contributed by atoms with Crippen LogP contribution in [-0.4, -0.2) is 27.9 Å². The number of aliphatic carboxylic acids is 1. The number of nitrogens with zero attached hydrogens (tertiary/aromatic N) is 1. The molecule has 0 aromatic heterocycles. The average molecular weight is 320 g/mol. The van der Waals surface area contributed by atoms with E-state index in [1.807, 2.05) is 6.92 Å². The first-order chi connectivity index (χ1) is 10.9. The van der Waals surface area contributed by atoms with Gasteiger partial charge >= 0.3 is 5.97 Å². The third-order valence-corrected chi connectivity index (χ3v) is 4.34. The first kappa shape index (κ1) is 16.9. The minimum absolute atomic E-state index is 0.0465. The van der Waals surface area contributed by atoms with Crippen molar-refractivity contribution in [2.75, 3.05) is 0 Å². The van der Waals surface area contributed by atoms with E-state index in [0.29, 0.717) is 37.7 Å². The summed E-state index contributed by atoms with van der Waals surface area (Å²) < 4.78 is 0. The molecule has 2 rings (SSSR count). The molecule has 1 aromatic rings. The number of amides is 1. The maximum absolute atomic E-state index is 12.3. The Morgan fingerprint density at radius 3 is 2.48 bits per heavy atom. The van der Waals surface area contributed by atoms with Crippen molar-refractivity contribution in [2.24, 2.45) is 5.92 Å². The summed E-state index contributed by atoms with van der Waals surface area (Å²) in [4.78, 5) is 33.8. The van der Waals surface area contributed by atoms with Gasteiger partial charge in [0.1, 0.15) is 0 Å². The van der Waals surface area contributed by atoms with Crippen LogP contribution in [0.15, 0.2) is 18.2 Å². The number of nitro benzene ring substituents is 1. The van der Waals surface area contributed by atoms with Crippen LogP contribution in [0, 0.1) is 16.0 Å². The molecule has 124 valence electrons. The SMILES string of the molecule is CCc1ccc(C(=O)NC2CCC(C(=O)O)CC2)cc1[N+](=O)[O-]. The molecule has 1 saturated carbocycles. The highest BCUT2D eigenvalue weighted by Crippen LogP contribution is 2.25. The Bertz CT molecular complexity index is 621. The van der Waals surface area contributed by atoms with Crippen LogP contribution in [0.2, 0.25) is 0 Å². The molecule has 0 saturated heterocycles. The number of benzene rings is 1. The largest absolute Gasteiger partial charge is 0.481 e. The molecule has 0 atom stereocenters. The highest BCUT2D eigenvalue weighted by atomic mass is 16.6. The van der Waals surface area contributed by atoms with Crippen LogP contribution in [0.25, 0.3) is 0 Å². The average Bonchev–Trinajstić information content (AvgIpc) is 2.54. The summed E-state index contributed by atoms with van der Waals surface area (Å²) >= 11 is 0. The number of carbonyl (C=O) groups excluding carboxylic acids is 1. The maximum Gasteiger partial charge on any atom is 0.306 e. The Hall–Kier alpha value is -2.44. The van der Waals surface area contributed by atoms with Crippen LogP contribution in [0.3, 0.4) is 0 Å². The van der Waals surface area contributed by atoms with Crippen molar-refractivity contribution in [3.63, 3.8) is 0 Å². The second-order valence-electron chi connectivity index (χ2n) is 5.81.